The van der Waals surface area contributed by atoms with Crippen molar-refractivity contribution in [2.24, 2.45) is 5.92 Å². The highest BCUT2D eigenvalue weighted by atomic mass is 32.2. The molecule has 0 radical (unpaired) electrons. The Morgan fingerprint density at radius 1 is 1.09 bits per heavy atom. The number of thioether (sulfide) groups is 1. The third kappa shape index (κ3) is 5.54. The number of nitrogens with zero attached hydrogens (tertiary/aromatic N) is 1. The molecule has 1 atom stereocenters. The Bertz CT molecular complexity index is 1030. The van der Waals surface area contributed by atoms with Crippen molar-refractivity contribution in [3.8, 4) is 0 Å². The summed E-state index contributed by atoms with van der Waals surface area (Å²) in [5.41, 5.74) is 1.18. The van der Waals surface area contributed by atoms with Crippen LogP contribution in [-0.4, -0.2) is 50.2 Å². The number of amides is 1. The molecule has 1 amide bonds. The van der Waals surface area contributed by atoms with Crippen LogP contribution in [-0.2, 0) is 14.8 Å². The molecule has 2 saturated heterocycles. The first-order chi connectivity index (χ1) is 15.4. The number of carbonyl (C=O) groups excluding carboxylic acids is 1. The van der Waals surface area contributed by atoms with Crippen LogP contribution in [0.1, 0.15) is 43.0 Å². The van der Waals surface area contributed by atoms with Crippen LogP contribution in [0.5, 0.6) is 0 Å². The van der Waals surface area contributed by atoms with Gasteiger partial charge in [0.1, 0.15) is 0 Å². The Labute approximate surface area is 194 Å². The van der Waals surface area contributed by atoms with Gasteiger partial charge < -0.3 is 10.1 Å². The Hall–Kier alpha value is -1.87. The zero-order valence-corrected chi connectivity index (χ0v) is 20.0. The van der Waals surface area contributed by atoms with E-state index in [1.807, 2.05) is 24.3 Å². The molecule has 0 unspecified atom stereocenters. The zero-order chi connectivity index (χ0) is 22.6. The first-order valence-corrected chi connectivity index (χ1v) is 13.6. The fourth-order valence-electron chi connectivity index (χ4n) is 4.02. The summed E-state index contributed by atoms with van der Waals surface area (Å²) >= 11 is 1.63. The monoisotopic (exact) mass is 474 g/mol. The molecule has 1 N–H and O–H groups in total. The quantitative estimate of drug-likeness (QED) is 0.592. The van der Waals surface area contributed by atoms with Crippen molar-refractivity contribution in [2.75, 3.05) is 30.8 Å². The number of ether oxygens (including phenoxy) is 1. The number of piperidine rings is 1. The lowest BCUT2D eigenvalue weighted by Gasteiger charge is -2.29. The van der Waals surface area contributed by atoms with E-state index in [-0.39, 0.29) is 16.9 Å². The number of carbonyl (C=O) groups is 1. The maximum atomic E-state index is 12.9. The lowest BCUT2D eigenvalue weighted by atomic mass is 10.0. The van der Waals surface area contributed by atoms with Crippen molar-refractivity contribution in [1.29, 1.82) is 0 Å². The van der Waals surface area contributed by atoms with E-state index in [0.717, 1.165) is 42.9 Å². The third-order valence-electron chi connectivity index (χ3n) is 6.07. The SMILES string of the molecule is CC1CCN(S(=O)(=O)c2ccc(NC(=O)c3ccccc3SC[C@@H]3CCCO3)cc2)CC1. The largest absolute Gasteiger partial charge is 0.377 e. The molecule has 4 rings (SSSR count). The van der Waals surface area contributed by atoms with Gasteiger partial charge in [-0.25, -0.2) is 8.42 Å². The van der Waals surface area contributed by atoms with Crippen molar-refractivity contribution in [1.82, 2.24) is 4.31 Å². The highest BCUT2D eigenvalue weighted by molar-refractivity contribution is 7.99. The molecule has 8 heteroatoms. The number of hydrogen-bond acceptors (Lipinski definition) is 5. The van der Waals surface area contributed by atoms with E-state index in [4.69, 9.17) is 4.74 Å². The average molecular weight is 475 g/mol. The summed E-state index contributed by atoms with van der Waals surface area (Å²) in [7, 11) is -3.50. The van der Waals surface area contributed by atoms with Crippen molar-refractivity contribution in [3.05, 3.63) is 54.1 Å². The Morgan fingerprint density at radius 2 is 1.81 bits per heavy atom. The summed E-state index contributed by atoms with van der Waals surface area (Å²) in [6, 6.07) is 14.0. The Balaban J connectivity index is 1.41. The minimum absolute atomic E-state index is 0.207. The van der Waals surface area contributed by atoms with E-state index >= 15 is 0 Å². The summed E-state index contributed by atoms with van der Waals surface area (Å²) < 4.78 is 33.0. The van der Waals surface area contributed by atoms with Gasteiger partial charge >= 0.3 is 0 Å². The van der Waals surface area contributed by atoms with Crippen LogP contribution >= 0.6 is 11.8 Å². The van der Waals surface area contributed by atoms with E-state index in [0.29, 0.717) is 30.3 Å². The number of hydrogen-bond donors (Lipinski definition) is 1. The molecule has 0 aromatic heterocycles. The highest BCUT2D eigenvalue weighted by Gasteiger charge is 2.28. The number of benzene rings is 2. The average Bonchev–Trinajstić information content (AvgIpc) is 3.32. The van der Waals surface area contributed by atoms with Gasteiger partial charge in [-0.15, -0.1) is 11.8 Å². The summed E-state index contributed by atoms with van der Waals surface area (Å²) in [5, 5.41) is 2.90. The molecule has 32 heavy (non-hydrogen) atoms. The fraction of sp³-hybridized carbons (Fsp3) is 0.458. The lowest BCUT2D eigenvalue weighted by molar-refractivity contribution is 0.102. The number of rotatable bonds is 7. The molecule has 2 aromatic carbocycles. The van der Waals surface area contributed by atoms with Crippen LogP contribution in [0, 0.1) is 5.92 Å². The van der Waals surface area contributed by atoms with Gasteiger partial charge in [0.15, 0.2) is 0 Å². The van der Waals surface area contributed by atoms with Gasteiger partial charge in [-0.05, 0) is 68.0 Å². The summed E-state index contributed by atoms with van der Waals surface area (Å²) in [4.78, 5) is 14.1. The van der Waals surface area contributed by atoms with Gasteiger partial charge in [0.05, 0.1) is 16.6 Å². The minimum atomic E-state index is -3.50. The molecule has 0 aliphatic carbocycles. The second kappa shape index (κ2) is 10.4. The van der Waals surface area contributed by atoms with Crippen LogP contribution < -0.4 is 5.32 Å². The molecular formula is C24H30N2O4S2. The molecular weight excluding hydrogens is 444 g/mol. The normalized spacial score (nSPS) is 20.3. The van der Waals surface area contributed by atoms with Crippen molar-refractivity contribution >= 4 is 33.4 Å². The van der Waals surface area contributed by atoms with Gasteiger partial charge in [-0.2, -0.15) is 4.31 Å². The molecule has 0 spiro atoms. The standard InChI is InChI=1S/C24H30N2O4S2/c1-18-12-14-26(15-13-18)32(28,29)21-10-8-19(9-11-21)25-24(27)22-6-2-3-7-23(22)31-17-20-5-4-16-30-20/h2-3,6-11,18,20H,4-5,12-17H2,1H3,(H,25,27)/t20-/m0/s1. The molecule has 6 nitrogen and oxygen atoms in total. The van der Waals surface area contributed by atoms with Crippen LogP contribution in [0.25, 0.3) is 0 Å². The van der Waals surface area contributed by atoms with Crippen LogP contribution in [0.4, 0.5) is 5.69 Å². The molecule has 2 heterocycles. The van der Waals surface area contributed by atoms with E-state index in [2.05, 4.69) is 12.2 Å². The van der Waals surface area contributed by atoms with Gasteiger partial charge in [-0.1, -0.05) is 19.1 Å². The maximum Gasteiger partial charge on any atom is 0.256 e. The highest BCUT2D eigenvalue weighted by Crippen LogP contribution is 2.28. The molecule has 2 aliphatic rings. The van der Waals surface area contributed by atoms with E-state index < -0.39 is 10.0 Å². The first kappa shape index (κ1) is 23.3. The molecule has 2 fully saturated rings. The predicted octanol–water partition coefficient (Wildman–Crippen LogP) is 4.63. The van der Waals surface area contributed by atoms with Crippen LogP contribution in [0.15, 0.2) is 58.3 Å². The molecule has 0 bridgehead atoms. The van der Waals surface area contributed by atoms with Gasteiger partial charge in [0.2, 0.25) is 10.0 Å². The number of nitrogens with one attached hydrogen (secondary N) is 1. The second-order valence-electron chi connectivity index (χ2n) is 8.51. The maximum absolute atomic E-state index is 12.9. The van der Waals surface area contributed by atoms with Crippen molar-refractivity contribution in [3.63, 3.8) is 0 Å². The summed E-state index contributed by atoms with van der Waals surface area (Å²) in [5.74, 6) is 1.18. The van der Waals surface area contributed by atoms with Gasteiger partial charge in [-0.3, -0.25) is 4.79 Å². The third-order valence-corrected chi connectivity index (χ3v) is 9.19. The Kier molecular flexibility index (Phi) is 7.55. The van der Waals surface area contributed by atoms with Gasteiger partial charge in [0.25, 0.3) is 5.91 Å². The summed E-state index contributed by atoms with van der Waals surface area (Å²) in [6.07, 6.45) is 4.17. The minimum Gasteiger partial charge on any atom is -0.377 e. The fourth-order valence-corrected chi connectivity index (χ4v) is 6.61. The van der Waals surface area contributed by atoms with Crippen LogP contribution in [0.2, 0.25) is 0 Å². The molecule has 2 aliphatic heterocycles. The molecule has 172 valence electrons. The number of sulfonamides is 1. The van der Waals surface area contributed by atoms with Crippen molar-refractivity contribution in [2.45, 2.75) is 48.5 Å². The van der Waals surface area contributed by atoms with Crippen LogP contribution in [0.3, 0.4) is 0 Å². The predicted molar refractivity (Wildman–Crippen MR) is 128 cm³/mol. The van der Waals surface area contributed by atoms with E-state index in [9.17, 15) is 13.2 Å². The topological polar surface area (TPSA) is 75.7 Å². The molecule has 2 aromatic rings. The number of anilines is 1. The first-order valence-electron chi connectivity index (χ1n) is 11.2. The van der Waals surface area contributed by atoms with E-state index in [1.165, 1.54) is 0 Å². The zero-order valence-electron chi connectivity index (χ0n) is 18.3. The van der Waals surface area contributed by atoms with Crippen molar-refractivity contribution < 1.29 is 17.9 Å². The smallest absolute Gasteiger partial charge is 0.256 e. The summed E-state index contributed by atoms with van der Waals surface area (Å²) in [6.45, 7) is 4.08. The lowest BCUT2D eigenvalue weighted by Crippen LogP contribution is -2.37. The second-order valence-corrected chi connectivity index (χ2v) is 11.5. The van der Waals surface area contributed by atoms with E-state index in [1.54, 1.807) is 40.3 Å². The Morgan fingerprint density at radius 3 is 2.50 bits per heavy atom. The van der Waals surface area contributed by atoms with Gasteiger partial charge in [0, 0.05) is 36.0 Å². The molecule has 0 saturated carbocycles.